The lowest BCUT2D eigenvalue weighted by Gasteiger charge is -2.36. The zero-order chi connectivity index (χ0) is 23.8. The lowest BCUT2D eigenvalue weighted by atomic mass is 10.0. The first kappa shape index (κ1) is 23.4. The standard InChI is InChI=1S/C27H30N4O3/c1-34-27(33)25(19-21-6-3-2-4-7-21)29-26(32)23-9-5-8-22(18-23)20-30-14-16-31(17-15-30)24-10-12-28-13-11-24/h2-13,18,25H,14-17,19-20H2,1H3,(H,29,32). The topological polar surface area (TPSA) is 74.8 Å². The average molecular weight is 459 g/mol. The molecule has 1 atom stereocenters. The quantitative estimate of drug-likeness (QED) is 0.523. The molecule has 1 unspecified atom stereocenters. The molecule has 34 heavy (non-hydrogen) atoms. The molecular formula is C27H30N4O3. The smallest absolute Gasteiger partial charge is 0.328 e. The van der Waals surface area contributed by atoms with Crippen molar-refractivity contribution < 1.29 is 14.3 Å². The van der Waals surface area contributed by atoms with E-state index < -0.39 is 12.0 Å². The summed E-state index contributed by atoms with van der Waals surface area (Å²) in [5.74, 6) is -0.740. The second-order valence-corrected chi connectivity index (χ2v) is 8.41. The summed E-state index contributed by atoms with van der Waals surface area (Å²) < 4.78 is 4.92. The predicted molar refractivity (Wildman–Crippen MR) is 132 cm³/mol. The molecule has 176 valence electrons. The van der Waals surface area contributed by atoms with E-state index in [2.05, 4.69) is 20.1 Å². The van der Waals surface area contributed by atoms with Crippen molar-refractivity contribution in [1.82, 2.24) is 15.2 Å². The van der Waals surface area contributed by atoms with Crippen LogP contribution >= 0.6 is 0 Å². The predicted octanol–water partition coefficient (Wildman–Crippen LogP) is 2.92. The van der Waals surface area contributed by atoms with E-state index in [4.69, 9.17) is 4.74 Å². The molecule has 3 aromatic rings. The maximum atomic E-state index is 13.0. The highest BCUT2D eigenvalue weighted by atomic mass is 16.5. The summed E-state index contributed by atoms with van der Waals surface area (Å²) in [4.78, 5) is 34.1. The van der Waals surface area contributed by atoms with Gasteiger partial charge in [0.2, 0.25) is 0 Å². The number of pyridine rings is 1. The summed E-state index contributed by atoms with van der Waals surface area (Å²) in [6.07, 6.45) is 4.02. The number of ether oxygens (including phenoxy) is 1. The molecule has 2 aromatic carbocycles. The number of nitrogens with one attached hydrogen (secondary N) is 1. The second-order valence-electron chi connectivity index (χ2n) is 8.41. The zero-order valence-corrected chi connectivity index (χ0v) is 19.4. The van der Waals surface area contributed by atoms with Crippen molar-refractivity contribution >= 4 is 17.6 Å². The molecule has 7 nitrogen and oxygen atoms in total. The van der Waals surface area contributed by atoms with Crippen molar-refractivity contribution in [3.05, 3.63) is 95.8 Å². The van der Waals surface area contributed by atoms with Gasteiger partial charge < -0.3 is 15.0 Å². The molecule has 2 heterocycles. The van der Waals surface area contributed by atoms with Gasteiger partial charge in [-0.05, 0) is 35.4 Å². The number of esters is 1. The van der Waals surface area contributed by atoms with E-state index in [1.165, 1.54) is 12.8 Å². The van der Waals surface area contributed by atoms with Gasteiger partial charge in [0.25, 0.3) is 5.91 Å². The van der Waals surface area contributed by atoms with Gasteiger partial charge in [-0.15, -0.1) is 0 Å². The number of anilines is 1. The highest BCUT2D eigenvalue weighted by Crippen LogP contribution is 2.17. The number of hydrogen-bond acceptors (Lipinski definition) is 6. The Labute approximate surface area is 200 Å². The lowest BCUT2D eigenvalue weighted by molar-refractivity contribution is -0.142. The molecule has 4 rings (SSSR count). The number of benzene rings is 2. The summed E-state index contributed by atoms with van der Waals surface area (Å²) in [5.41, 5.74) is 3.76. The van der Waals surface area contributed by atoms with Crippen LogP contribution in [0.5, 0.6) is 0 Å². The van der Waals surface area contributed by atoms with E-state index in [0.717, 1.165) is 43.9 Å². The molecule has 1 aliphatic heterocycles. The summed E-state index contributed by atoms with van der Waals surface area (Å²) in [6, 6.07) is 20.5. The summed E-state index contributed by atoms with van der Waals surface area (Å²) in [7, 11) is 1.33. The van der Waals surface area contributed by atoms with E-state index in [9.17, 15) is 9.59 Å². The fourth-order valence-electron chi connectivity index (χ4n) is 4.22. The number of methoxy groups -OCH3 is 1. The Morgan fingerprint density at radius 3 is 2.35 bits per heavy atom. The minimum absolute atomic E-state index is 0.282. The van der Waals surface area contributed by atoms with Crippen molar-refractivity contribution in [2.75, 3.05) is 38.2 Å². The van der Waals surface area contributed by atoms with Crippen molar-refractivity contribution in [2.24, 2.45) is 0 Å². The van der Waals surface area contributed by atoms with Crippen LogP contribution in [0.2, 0.25) is 0 Å². The van der Waals surface area contributed by atoms with Crippen molar-refractivity contribution in [2.45, 2.75) is 19.0 Å². The Balaban J connectivity index is 1.35. The molecule has 0 aliphatic carbocycles. The van der Waals surface area contributed by atoms with Crippen LogP contribution in [0.4, 0.5) is 5.69 Å². The Morgan fingerprint density at radius 2 is 1.65 bits per heavy atom. The van der Waals surface area contributed by atoms with Crippen LogP contribution in [0, 0.1) is 0 Å². The van der Waals surface area contributed by atoms with E-state index in [-0.39, 0.29) is 5.91 Å². The van der Waals surface area contributed by atoms with Gasteiger partial charge >= 0.3 is 5.97 Å². The number of rotatable bonds is 8. The Kier molecular flexibility index (Phi) is 7.88. The SMILES string of the molecule is COC(=O)C(Cc1ccccc1)NC(=O)c1cccc(CN2CCN(c3ccncc3)CC2)c1. The largest absolute Gasteiger partial charge is 0.467 e. The minimum atomic E-state index is -0.746. The van der Waals surface area contributed by atoms with Crippen LogP contribution in [-0.4, -0.2) is 61.1 Å². The van der Waals surface area contributed by atoms with Crippen LogP contribution in [0.25, 0.3) is 0 Å². The molecule has 0 saturated carbocycles. The van der Waals surface area contributed by atoms with Crippen molar-refractivity contribution in [3.63, 3.8) is 0 Å². The third-order valence-corrected chi connectivity index (χ3v) is 6.07. The first-order chi connectivity index (χ1) is 16.6. The number of nitrogens with zero attached hydrogens (tertiary/aromatic N) is 3. The third-order valence-electron chi connectivity index (χ3n) is 6.07. The normalized spacial score (nSPS) is 14.9. The molecule has 1 saturated heterocycles. The summed E-state index contributed by atoms with van der Waals surface area (Å²) in [5, 5.41) is 2.85. The third kappa shape index (κ3) is 6.20. The molecule has 1 amide bonds. The molecule has 0 radical (unpaired) electrons. The van der Waals surface area contributed by atoms with Gasteiger partial charge in [-0.3, -0.25) is 14.7 Å². The van der Waals surface area contributed by atoms with Crippen LogP contribution < -0.4 is 10.2 Å². The maximum Gasteiger partial charge on any atom is 0.328 e. The highest BCUT2D eigenvalue weighted by Gasteiger charge is 2.23. The van der Waals surface area contributed by atoms with E-state index in [1.54, 1.807) is 6.07 Å². The monoisotopic (exact) mass is 458 g/mol. The number of hydrogen-bond donors (Lipinski definition) is 1. The first-order valence-corrected chi connectivity index (χ1v) is 11.5. The average Bonchev–Trinajstić information content (AvgIpc) is 2.89. The first-order valence-electron chi connectivity index (χ1n) is 11.5. The second kappa shape index (κ2) is 11.4. The Bertz CT molecular complexity index is 1080. The molecular weight excluding hydrogens is 428 g/mol. The van der Waals surface area contributed by atoms with Gasteiger partial charge in [0.05, 0.1) is 7.11 Å². The molecule has 1 N–H and O–H groups in total. The van der Waals surface area contributed by atoms with Gasteiger partial charge in [0, 0.05) is 62.8 Å². The van der Waals surface area contributed by atoms with E-state index in [1.807, 2.05) is 73.1 Å². The summed E-state index contributed by atoms with van der Waals surface area (Å²) in [6.45, 7) is 4.56. The van der Waals surface area contributed by atoms with E-state index >= 15 is 0 Å². The Morgan fingerprint density at radius 1 is 0.941 bits per heavy atom. The van der Waals surface area contributed by atoms with Crippen LogP contribution in [0.1, 0.15) is 21.5 Å². The summed E-state index contributed by atoms with van der Waals surface area (Å²) >= 11 is 0. The molecule has 1 fully saturated rings. The molecule has 1 aliphatic rings. The van der Waals surface area contributed by atoms with Gasteiger partial charge in [-0.1, -0.05) is 42.5 Å². The van der Waals surface area contributed by atoms with E-state index in [0.29, 0.717) is 12.0 Å². The fraction of sp³-hybridized carbons (Fsp3) is 0.296. The fourth-order valence-corrected chi connectivity index (χ4v) is 4.22. The molecule has 0 spiro atoms. The zero-order valence-electron chi connectivity index (χ0n) is 19.4. The number of piperazine rings is 1. The van der Waals surface area contributed by atoms with Gasteiger partial charge in [-0.25, -0.2) is 4.79 Å². The molecule has 0 bridgehead atoms. The lowest BCUT2D eigenvalue weighted by Crippen LogP contribution is -2.46. The Hall–Kier alpha value is -3.71. The number of amides is 1. The minimum Gasteiger partial charge on any atom is -0.467 e. The van der Waals surface area contributed by atoms with Crippen LogP contribution in [0.3, 0.4) is 0 Å². The number of carbonyl (C=O) groups excluding carboxylic acids is 2. The highest BCUT2D eigenvalue weighted by molar-refractivity contribution is 5.97. The molecule has 1 aromatic heterocycles. The number of carbonyl (C=O) groups is 2. The maximum absolute atomic E-state index is 13.0. The van der Waals surface area contributed by atoms with Gasteiger partial charge in [0.15, 0.2) is 0 Å². The van der Waals surface area contributed by atoms with Crippen molar-refractivity contribution in [1.29, 1.82) is 0 Å². The number of aromatic nitrogens is 1. The van der Waals surface area contributed by atoms with Crippen LogP contribution in [-0.2, 0) is 22.5 Å². The van der Waals surface area contributed by atoms with Crippen LogP contribution in [0.15, 0.2) is 79.1 Å². The van der Waals surface area contributed by atoms with Crippen molar-refractivity contribution in [3.8, 4) is 0 Å². The molecule has 7 heteroatoms. The van der Waals surface area contributed by atoms with Gasteiger partial charge in [-0.2, -0.15) is 0 Å². The van der Waals surface area contributed by atoms with Gasteiger partial charge in [0.1, 0.15) is 6.04 Å².